The Morgan fingerprint density at radius 2 is 1.55 bits per heavy atom. The summed E-state index contributed by atoms with van der Waals surface area (Å²) in [6.45, 7) is 5.94. The summed E-state index contributed by atoms with van der Waals surface area (Å²) in [7, 11) is 0. The predicted octanol–water partition coefficient (Wildman–Crippen LogP) is 2.65. The Morgan fingerprint density at radius 3 is 2.20 bits per heavy atom. The third kappa shape index (κ3) is 2.42. The molecule has 0 aliphatic carbocycles. The van der Waals surface area contributed by atoms with Gasteiger partial charge in [0.25, 0.3) is 5.95 Å². The second-order valence-corrected chi connectivity index (χ2v) is 4.87. The first kappa shape index (κ1) is 12.5. The van der Waals surface area contributed by atoms with Crippen molar-refractivity contribution in [2.75, 3.05) is 0 Å². The van der Waals surface area contributed by atoms with Crippen LogP contribution in [-0.4, -0.2) is 25.0 Å². The van der Waals surface area contributed by atoms with Crippen LogP contribution in [-0.2, 0) is 0 Å². The van der Waals surface area contributed by atoms with Gasteiger partial charge < -0.3 is 0 Å². The van der Waals surface area contributed by atoms with Gasteiger partial charge in [0.15, 0.2) is 0 Å². The molecule has 0 N–H and O–H groups in total. The third-order valence-corrected chi connectivity index (χ3v) is 3.02. The number of aromatic nitrogens is 5. The van der Waals surface area contributed by atoms with Crippen LogP contribution in [0.2, 0.25) is 0 Å². The van der Waals surface area contributed by atoms with Gasteiger partial charge in [0.05, 0.1) is 6.20 Å². The van der Waals surface area contributed by atoms with Crippen LogP contribution in [0.15, 0.2) is 36.5 Å². The lowest BCUT2D eigenvalue weighted by Crippen LogP contribution is -2.04. The number of hydrogen-bond acceptors (Lipinski definition) is 4. The Labute approximate surface area is 117 Å². The molecule has 1 aromatic carbocycles. The molecular formula is C15H15N5. The molecular weight excluding hydrogens is 250 g/mol. The monoisotopic (exact) mass is 265 g/mol. The van der Waals surface area contributed by atoms with Crippen molar-refractivity contribution in [3.05, 3.63) is 53.5 Å². The topological polar surface area (TPSA) is 56.5 Å². The molecule has 0 saturated heterocycles. The van der Waals surface area contributed by atoms with E-state index in [9.17, 15) is 0 Å². The number of nitrogens with zero attached hydrogens (tertiary/aromatic N) is 5. The molecule has 3 rings (SSSR count). The van der Waals surface area contributed by atoms with Crippen LogP contribution in [0.4, 0.5) is 0 Å². The average Bonchev–Trinajstić information content (AvgIpc) is 2.88. The van der Waals surface area contributed by atoms with Gasteiger partial charge in [0.1, 0.15) is 5.69 Å². The van der Waals surface area contributed by atoms with Crippen molar-refractivity contribution in [3.63, 3.8) is 0 Å². The second kappa shape index (κ2) is 4.85. The Balaban J connectivity index is 1.99. The van der Waals surface area contributed by atoms with E-state index in [0.29, 0.717) is 5.95 Å². The summed E-state index contributed by atoms with van der Waals surface area (Å²) in [5.74, 6) is 0.549. The van der Waals surface area contributed by atoms with Crippen LogP contribution >= 0.6 is 0 Å². The zero-order valence-electron chi connectivity index (χ0n) is 11.7. The Kier molecular flexibility index (Phi) is 3.02. The lowest BCUT2D eigenvalue weighted by molar-refractivity contribution is 0.746. The van der Waals surface area contributed by atoms with Gasteiger partial charge in [-0.15, -0.1) is 5.10 Å². The summed E-state index contributed by atoms with van der Waals surface area (Å²) in [6.07, 6.45) is 1.85. The number of benzene rings is 1. The van der Waals surface area contributed by atoms with Gasteiger partial charge in [-0.2, -0.15) is 4.68 Å². The maximum absolute atomic E-state index is 4.37. The average molecular weight is 265 g/mol. The van der Waals surface area contributed by atoms with Crippen LogP contribution in [0.25, 0.3) is 17.2 Å². The van der Waals surface area contributed by atoms with E-state index < -0.39 is 0 Å². The maximum atomic E-state index is 4.37. The fraction of sp³-hybridized carbons (Fsp3) is 0.200. The van der Waals surface area contributed by atoms with Gasteiger partial charge in [0, 0.05) is 17.0 Å². The van der Waals surface area contributed by atoms with Crippen LogP contribution in [0.5, 0.6) is 0 Å². The number of aryl methyl sites for hydroxylation is 3. The van der Waals surface area contributed by atoms with Crippen molar-refractivity contribution < 1.29 is 0 Å². The molecule has 0 amide bonds. The lowest BCUT2D eigenvalue weighted by atomic mass is 10.1. The second-order valence-electron chi connectivity index (χ2n) is 4.87. The molecule has 0 radical (unpaired) electrons. The molecule has 0 fully saturated rings. The molecule has 100 valence electrons. The van der Waals surface area contributed by atoms with Gasteiger partial charge >= 0.3 is 0 Å². The summed E-state index contributed by atoms with van der Waals surface area (Å²) in [5.41, 5.74) is 4.90. The smallest absolute Gasteiger partial charge is 0.216 e. The first-order chi connectivity index (χ1) is 9.61. The summed E-state index contributed by atoms with van der Waals surface area (Å²) in [4.78, 5) is 8.75. The van der Waals surface area contributed by atoms with E-state index in [0.717, 1.165) is 22.6 Å². The summed E-state index contributed by atoms with van der Waals surface area (Å²) in [5, 5.41) is 8.29. The van der Waals surface area contributed by atoms with E-state index >= 15 is 0 Å². The van der Waals surface area contributed by atoms with Crippen LogP contribution < -0.4 is 0 Å². The van der Waals surface area contributed by atoms with Crippen molar-refractivity contribution in [2.45, 2.75) is 20.8 Å². The molecule has 0 atom stereocenters. The normalized spacial score (nSPS) is 10.8. The molecule has 2 aromatic heterocycles. The quantitative estimate of drug-likeness (QED) is 0.714. The third-order valence-electron chi connectivity index (χ3n) is 3.02. The molecule has 0 unspecified atom stereocenters. The highest BCUT2D eigenvalue weighted by Gasteiger charge is 2.08. The molecule has 3 aromatic rings. The first-order valence-electron chi connectivity index (χ1n) is 6.44. The van der Waals surface area contributed by atoms with Crippen LogP contribution in [0, 0.1) is 20.8 Å². The molecule has 0 saturated carbocycles. The first-order valence-corrected chi connectivity index (χ1v) is 6.44. The fourth-order valence-electron chi connectivity index (χ4n) is 2.03. The molecule has 0 spiro atoms. The van der Waals surface area contributed by atoms with Crippen molar-refractivity contribution in [1.29, 1.82) is 0 Å². The van der Waals surface area contributed by atoms with Crippen molar-refractivity contribution >= 4 is 0 Å². The Hall–Kier alpha value is -2.56. The molecule has 5 nitrogen and oxygen atoms in total. The van der Waals surface area contributed by atoms with Gasteiger partial charge in [-0.3, -0.25) is 0 Å². The molecule has 0 aliphatic rings. The molecule has 5 heteroatoms. The predicted molar refractivity (Wildman–Crippen MR) is 76.6 cm³/mol. The van der Waals surface area contributed by atoms with Crippen LogP contribution in [0.1, 0.15) is 17.0 Å². The summed E-state index contributed by atoms with van der Waals surface area (Å²) in [6, 6.07) is 10.1. The minimum absolute atomic E-state index is 0.549. The van der Waals surface area contributed by atoms with E-state index in [-0.39, 0.29) is 0 Å². The minimum atomic E-state index is 0.549. The molecule has 20 heavy (non-hydrogen) atoms. The van der Waals surface area contributed by atoms with E-state index in [4.69, 9.17) is 0 Å². The molecule has 2 heterocycles. The van der Waals surface area contributed by atoms with Gasteiger partial charge in [0.2, 0.25) is 0 Å². The standard InChI is InChI=1S/C15H15N5/c1-10-4-6-13(7-5-10)14-9-20(19-18-14)15-16-11(2)8-12(3)17-15/h4-9H,1-3H3. The molecule has 0 bridgehead atoms. The fourth-order valence-corrected chi connectivity index (χ4v) is 2.03. The minimum Gasteiger partial charge on any atom is -0.216 e. The zero-order chi connectivity index (χ0) is 14.1. The SMILES string of the molecule is Cc1ccc(-c2cn(-c3nc(C)cc(C)n3)nn2)cc1. The van der Waals surface area contributed by atoms with Gasteiger partial charge in [-0.05, 0) is 26.8 Å². The van der Waals surface area contributed by atoms with Crippen molar-refractivity contribution in [3.8, 4) is 17.2 Å². The maximum Gasteiger partial charge on any atom is 0.252 e. The van der Waals surface area contributed by atoms with E-state index in [1.165, 1.54) is 5.56 Å². The lowest BCUT2D eigenvalue weighted by Gasteiger charge is -2.01. The summed E-state index contributed by atoms with van der Waals surface area (Å²) < 4.78 is 1.61. The highest BCUT2D eigenvalue weighted by atomic mass is 15.5. The summed E-state index contributed by atoms with van der Waals surface area (Å²) >= 11 is 0. The largest absolute Gasteiger partial charge is 0.252 e. The van der Waals surface area contributed by atoms with Gasteiger partial charge in [-0.25, -0.2) is 9.97 Å². The van der Waals surface area contributed by atoms with Crippen molar-refractivity contribution in [1.82, 2.24) is 25.0 Å². The Bertz CT molecular complexity index is 723. The Morgan fingerprint density at radius 1 is 0.900 bits per heavy atom. The van der Waals surface area contributed by atoms with Gasteiger partial charge in [-0.1, -0.05) is 35.0 Å². The highest BCUT2D eigenvalue weighted by Crippen LogP contribution is 2.17. The number of rotatable bonds is 2. The van der Waals surface area contributed by atoms with E-state index in [1.54, 1.807) is 4.68 Å². The van der Waals surface area contributed by atoms with Crippen LogP contribution in [0.3, 0.4) is 0 Å². The van der Waals surface area contributed by atoms with E-state index in [1.807, 2.05) is 38.2 Å². The molecule has 0 aliphatic heterocycles. The zero-order valence-corrected chi connectivity index (χ0v) is 11.7. The van der Waals surface area contributed by atoms with E-state index in [2.05, 4.69) is 39.3 Å². The number of hydrogen-bond donors (Lipinski definition) is 0. The van der Waals surface area contributed by atoms with Crippen molar-refractivity contribution in [2.24, 2.45) is 0 Å². The highest BCUT2D eigenvalue weighted by molar-refractivity contribution is 5.58.